The molecule has 0 radical (unpaired) electrons. The molecule has 4 rings (SSSR count). The molecule has 180 valence electrons. The Labute approximate surface area is 205 Å². The topological polar surface area (TPSA) is 76.6 Å². The summed E-state index contributed by atoms with van der Waals surface area (Å²) in [7, 11) is 6.74. The number of carbonyl (C=O) groups excluding carboxylic acids is 1. The van der Waals surface area contributed by atoms with Crippen LogP contribution < -0.4 is 14.8 Å². The van der Waals surface area contributed by atoms with Gasteiger partial charge in [-0.3, -0.25) is 4.79 Å². The molecule has 1 heterocycles. The standard InChI is InChI=1S/C28H30N4O3/c1-17(29-27-23-15-25(34-5)26(35-6)16-24(23)30-18(2)31-27)19-9-7-10-20(13-19)21-11-8-12-22(14-21)28(33)32(3)4/h7-17H,1-6H3,(H,29,30,31). The molecule has 7 heteroatoms. The van der Waals surface area contributed by atoms with E-state index < -0.39 is 0 Å². The predicted octanol–water partition coefficient (Wildman–Crippen LogP) is 5.50. The highest BCUT2D eigenvalue weighted by molar-refractivity contribution is 5.95. The van der Waals surface area contributed by atoms with Crippen LogP contribution >= 0.6 is 0 Å². The lowest BCUT2D eigenvalue weighted by atomic mass is 9.98. The van der Waals surface area contributed by atoms with Gasteiger partial charge >= 0.3 is 0 Å². The van der Waals surface area contributed by atoms with Crippen LogP contribution in [0.15, 0.2) is 60.7 Å². The number of nitrogens with one attached hydrogen (secondary N) is 1. The Kier molecular flexibility index (Phi) is 6.87. The average Bonchev–Trinajstić information content (AvgIpc) is 2.87. The number of fused-ring (bicyclic) bond motifs is 1. The van der Waals surface area contributed by atoms with Crippen molar-refractivity contribution < 1.29 is 14.3 Å². The molecule has 0 spiro atoms. The number of ether oxygens (including phenoxy) is 2. The van der Waals surface area contributed by atoms with Gasteiger partial charge in [0.25, 0.3) is 5.91 Å². The first-order valence-electron chi connectivity index (χ1n) is 11.4. The Morgan fingerprint density at radius 3 is 2.26 bits per heavy atom. The number of aromatic nitrogens is 2. The van der Waals surface area contributed by atoms with Crippen LogP contribution in [0.2, 0.25) is 0 Å². The smallest absolute Gasteiger partial charge is 0.253 e. The summed E-state index contributed by atoms with van der Waals surface area (Å²) in [5.41, 5.74) is 4.57. The average molecular weight is 471 g/mol. The van der Waals surface area contributed by atoms with Crippen molar-refractivity contribution in [1.82, 2.24) is 14.9 Å². The minimum Gasteiger partial charge on any atom is -0.493 e. The number of hydrogen-bond acceptors (Lipinski definition) is 6. The molecule has 1 aromatic heterocycles. The fourth-order valence-electron chi connectivity index (χ4n) is 4.05. The molecule has 35 heavy (non-hydrogen) atoms. The van der Waals surface area contributed by atoms with Crippen molar-refractivity contribution in [2.45, 2.75) is 19.9 Å². The van der Waals surface area contributed by atoms with Gasteiger partial charge in [0, 0.05) is 37.2 Å². The van der Waals surface area contributed by atoms with Crippen molar-refractivity contribution in [3.05, 3.63) is 77.6 Å². The minimum atomic E-state index is -0.0351. The van der Waals surface area contributed by atoms with Crippen LogP contribution in [0.25, 0.3) is 22.0 Å². The SMILES string of the molecule is COc1cc2nc(C)nc(NC(C)c3cccc(-c4cccc(C(=O)N(C)C)c4)c3)c2cc1OC. The second kappa shape index (κ2) is 10.0. The largest absolute Gasteiger partial charge is 0.493 e. The molecule has 1 amide bonds. The first kappa shape index (κ1) is 24.0. The summed E-state index contributed by atoms with van der Waals surface area (Å²) in [5, 5.41) is 4.40. The number of rotatable bonds is 7. The molecular formula is C28H30N4O3. The van der Waals surface area contributed by atoms with E-state index in [2.05, 4.69) is 40.4 Å². The third-order valence-corrected chi connectivity index (χ3v) is 5.90. The van der Waals surface area contributed by atoms with Crippen LogP contribution in [0.3, 0.4) is 0 Å². The van der Waals surface area contributed by atoms with Gasteiger partial charge in [-0.05, 0) is 54.8 Å². The summed E-state index contributed by atoms with van der Waals surface area (Å²) < 4.78 is 10.9. The van der Waals surface area contributed by atoms with E-state index in [9.17, 15) is 4.79 Å². The van der Waals surface area contributed by atoms with Gasteiger partial charge in [-0.2, -0.15) is 0 Å². The first-order valence-corrected chi connectivity index (χ1v) is 11.4. The van der Waals surface area contributed by atoms with Crippen molar-refractivity contribution >= 4 is 22.6 Å². The molecule has 1 unspecified atom stereocenters. The van der Waals surface area contributed by atoms with E-state index >= 15 is 0 Å². The van der Waals surface area contributed by atoms with Gasteiger partial charge in [0.15, 0.2) is 11.5 Å². The molecule has 0 aliphatic carbocycles. The van der Waals surface area contributed by atoms with Gasteiger partial charge in [-0.1, -0.05) is 30.3 Å². The van der Waals surface area contributed by atoms with Gasteiger partial charge in [0.1, 0.15) is 11.6 Å². The maximum atomic E-state index is 12.4. The zero-order valence-electron chi connectivity index (χ0n) is 20.9. The van der Waals surface area contributed by atoms with E-state index in [1.807, 2.05) is 49.4 Å². The van der Waals surface area contributed by atoms with Crippen molar-refractivity contribution in [3.8, 4) is 22.6 Å². The monoisotopic (exact) mass is 470 g/mol. The number of methoxy groups -OCH3 is 2. The number of aryl methyl sites for hydroxylation is 1. The van der Waals surface area contributed by atoms with Crippen LogP contribution in [-0.2, 0) is 0 Å². The van der Waals surface area contributed by atoms with Crippen molar-refractivity contribution in [1.29, 1.82) is 0 Å². The van der Waals surface area contributed by atoms with Gasteiger partial charge < -0.3 is 19.7 Å². The molecule has 1 atom stereocenters. The van der Waals surface area contributed by atoms with E-state index in [0.717, 1.165) is 33.4 Å². The van der Waals surface area contributed by atoms with E-state index in [-0.39, 0.29) is 11.9 Å². The van der Waals surface area contributed by atoms with Crippen molar-refractivity contribution in [2.24, 2.45) is 0 Å². The second-order valence-electron chi connectivity index (χ2n) is 8.62. The lowest BCUT2D eigenvalue weighted by molar-refractivity contribution is 0.0827. The number of nitrogens with zero attached hydrogens (tertiary/aromatic N) is 3. The summed E-state index contributed by atoms with van der Waals surface area (Å²) in [6.07, 6.45) is 0. The summed E-state index contributed by atoms with van der Waals surface area (Å²) in [4.78, 5) is 23.2. The van der Waals surface area contributed by atoms with Gasteiger partial charge in [-0.15, -0.1) is 0 Å². The Morgan fingerprint density at radius 2 is 1.57 bits per heavy atom. The minimum absolute atomic E-state index is 0.0175. The number of benzene rings is 3. The fraction of sp³-hybridized carbons (Fsp3) is 0.250. The zero-order valence-corrected chi connectivity index (χ0v) is 20.9. The number of carbonyl (C=O) groups is 1. The van der Waals surface area contributed by atoms with Gasteiger partial charge in [0.2, 0.25) is 0 Å². The van der Waals surface area contributed by atoms with Crippen LogP contribution in [0.1, 0.15) is 34.7 Å². The normalized spacial score (nSPS) is 11.7. The summed E-state index contributed by atoms with van der Waals surface area (Å²) in [6.45, 7) is 3.96. The van der Waals surface area contributed by atoms with Crippen LogP contribution in [0.5, 0.6) is 11.5 Å². The molecule has 0 saturated heterocycles. The number of hydrogen-bond donors (Lipinski definition) is 1. The van der Waals surface area contributed by atoms with E-state index in [0.29, 0.717) is 22.9 Å². The highest BCUT2D eigenvalue weighted by Crippen LogP contribution is 2.35. The molecular weight excluding hydrogens is 440 g/mol. The van der Waals surface area contributed by atoms with E-state index in [4.69, 9.17) is 9.47 Å². The molecule has 7 nitrogen and oxygen atoms in total. The molecule has 0 aliphatic heterocycles. The Morgan fingerprint density at radius 1 is 0.914 bits per heavy atom. The lowest BCUT2D eigenvalue weighted by Crippen LogP contribution is -2.21. The molecule has 3 aromatic carbocycles. The molecule has 0 bridgehead atoms. The molecule has 0 fully saturated rings. The van der Waals surface area contributed by atoms with Crippen molar-refractivity contribution in [2.75, 3.05) is 33.6 Å². The Balaban J connectivity index is 1.67. The fourth-order valence-corrected chi connectivity index (χ4v) is 4.05. The van der Waals surface area contributed by atoms with Crippen LogP contribution in [0, 0.1) is 6.92 Å². The maximum Gasteiger partial charge on any atom is 0.253 e. The summed E-state index contributed by atoms with van der Waals surface area (Å²) in [5.74, 6) is 2.62. The molecule has 4 aromatic rings. The summed E-state index contributed by atoms with van der Waals surface area (Å²) >= 11 is 0. The quantitative estimate of drug-likeness (QED) is 0.385. The lowest BCUT2D eigenvalue weighted by Gasteiger charge is -2.19. The Bertz CT molecular complexity index is 1380. The Hall–Kier alpha value is -4.13. The number of anilines is 1. The highest BCUT2D eigenvalue weighted by Gasteiger charge is 2.15. The van der Waals surface area contributed by atoms with E-state index in [1.54, 1.807) is 33.2 Å². The van der Waals surface area contributed by atoms with Crippen molar-refractivity contribution in [3.63, 3.8) is 0 Å². The third kappa shape index (κ3) is 5.04. The van der Waals surface area contributed by atoms with Gasteiger partial charge in [0.05, 0.1) is 19.7 Å². The molecule has 1 N–H and O–H groups in total. The predicted molar refractivity (Wildman–Crippen MR) is 139 cm³/mol. The van der Waals surface area contributed by atoms with Crippen LogP contribution in [-0.4, -0.2) is 49.1 Å². The second-order valence-corrected chi connectivity index (χ2v) is 8.62. The van der Waals surface area contributed by atoms with Crippen LogP contribution in [0.4, 0.5) is 5.82 Å². The first-order chi connectivity index (χ1) is 16.8. The van der Waals surface area contributed by atoms with Gasteiger partial charge in [-0.25, -0.2) is 9.97 Å². The molecule has 0 saturated carbocycles. The maximum absolute atomic E-state index is 12.4. The third-order valence-electron chi connectivity index (χ3n) is 5.90. The van der Waals surface area contributed by atoms with E-state index in [1.165, 1.54) is 0 Å². The summed E-state index contributed by atoms with van der Waals surface area (Å²) in [6, 6.07) is 19.7. The zero-order chi connectivity index (χ0) is 25.1. The molecule has 0 aliphatic rings. The number of amides is 1. The highest BCUT2D eigenvalue weighted by atomic mass is 16.5.